The molecule has 1 N–H and O–H groups in total. The standard InChI is InChI=1S/C25H31N5O2S/c1-16-11-13-29(25(3,4)5)15-18(16)23-28-24(33(31,32)21-9-7-6-8-17(21)2)20-14-27-22-19(30(20)23)10-12-26-22/h6-10,12,14,16,18,26H,11,13,15H2,1-5H3/t16-,18+/m1/s1. The minimum Gasteiger partial charge on any atom is -0.345 e. The van der Waals surface area contributed by atoms with Crippen LogP contribution in [0, 0.1) is 12.8 Å². The normalized spacial score (nSPS) is 20.6. The second kappa shape index (κ2) is 7.67. The number of fused-ring (bicyclic) bond motifs is 3. The number of H-pyrrole nitrogens is 1. The van der Waals surface area contributed by atoms with Crippen LogP contribution in [0.5, 0.6) is 0 Å². The van der Waals surface area contributed by atoms with Crippen molar-refractivity contribution >= 4 is 26.5 Å². The number of hydrogen-bond acceptors (Lipinski definition) is 5. The monoisotopic (exact) mass is 465 g/mol. The number of nitrogens with one attached hydrogen (secondary N) is 1. The third kappa shape index (κ3) is 3.56. The molecule has 1 aromatic carbocycles. The first-order valence-corrected chi connectivity index (χ1v) is 13.0. The van der Waals surface area contributed by atoms with Crippen molar-refractivity contribution in [1.29, 1.82) is 0 Å². The van der Waals surface area contributed by atoms with Gasteiger partial charge in [-0.05, 0) is 64.3 Å². The second-order valence-electron chi connectivity index (χ2n) is 10.2. The fourth-order valence-corrected chi connectivity index (χ4v) is 6.57. The molecule has 1 aliphatic rings. The molecular weight excluding hydrogens is 434 g/mol. The Morgan fingerprint density at radius 2 is 1.88 bits per heavy atom. The summed E-state index contributed by atoms with van der Waals surface area (Å²) in [6.45, 7) is 12.6. The van der Waals surface area contributed by atoms with Gasteiger partial charge in [0, 0.05) is 24.2 Å². The number of aromatic amines is 1. The average Bonchev–Trinajstić information content (AvgIpc) is 3.38. The average molecular weight is 466 g/mol. The second-order valence-corrected chi connectivity index (χ2v) is 12.1. The summed E-state index contributed by atoms with van der Waals surface area (Å²) in [4.78, 5) is 15.3. The zero-order chi connectivity index (χ0) is 23.5. The molecule has 0 unspecified atom stereocenters. The molecule has 0 aliphatic carbocycles. The lowest BCUT2D eigenvalue weighted by Crippen LogP contribution is -2.49. The van der Waals surface area contributed by atoms with Gasteiger partial charge in [0.05, 0.1) is 16.6 Å². The molecule has 5 rings (SSSR count). The largest absolute Gasteiger partial charge is 0.345 e. The SMILES string of the molecule is Cc1ccccc1S(=O)(=O)c1nc([C@H]2CN(C(C)(C)C)CC[C@H]2C)n2c1cnc1[nH]ccc12. The summed E-state index contributed by atoms with van der Waals surface area (Å²) >= 11 is 0. The van der Waals surface area contributed by atoms with Crippen LogP contribution in [0.3, 0.4) is 0 Å². The lowest BCUT2D eigenvalue weighted by Gasteiger charge is -2.43. The number of sulfone groups is 1. The van der Waals surface area contributed by atoms with Gasteiger partial charge in [-0.15, -0.1) is 0 Å². The van der Waals surface area contributed by atoms with E-state index in [4.69, 9.17) is 4.98 Å². The molecule has 4 aromatic rings. The molecule has 0 amide bonds. The number of aryl methyl sites for hydroxylation is 1. The summed E-state index contributed by atoms with van der Waals surface area (Å²) in [5.41, 5.74) is 2.84. The molecule has 174 valence electrons. The molecule has 1 fully saturated rings. The molecule has 0 saturated carbocycles. The predicted molar refractivity (Wildman–Crippen MR) is 129 cm³/mol. The maximum atomic E-state index is 13.8. The fraction of sp³-hybridized carbons (Fsp3) is 0.440. The number of likely N-dealkylation sites (tertiary alicyclic amines) is 1. The number of benzene rings is 1. The Morgan fingerprint density at radius 3 is 2.61 bits per heavy atom. The van der Waals surface area contributed by atoms with Crippen LogP contribution in [-0.2, 0) is 9.84 Å². The first-order chi connectivity index (χ1) is 15.6. The Labute approximate surface area is 194 Å². The molecule has 1 aliphatic heterocycles. The van der Waals surface area contributed by atoms with Gasteiger partial charge in [0.25, 0.3) is 0 Å². The zero-order valence-corrected chi connectivity index (χ0v) is 20.6. The third-order valence-electron chi connectivity index (χ3n) is 7.04. The first kappa shape index (κ1) is 22.1. The van der Waals surface area contributed by atoms with Crippen LogP contribution in [0.15, 0.2) is 52.6 Å². The van der Waals surface area contributed by atoms with Gasteiger partial charge in [-0.1, -0.05) is 25.1 Å². The van der Waals surface area contributed by atoms with Gasteiger partial charge >= 0.3 is 0 Å². The highest BCUT2D eigenvalue weighted by Crippen LogP contribution is 2.38. The van der Waals surface area contributed by atoms with Crippen LogP contribution in [0.1, 0.15) is 51.4 Å². The Morgan fingerprint density at radius 1 is 1.12 bits per heavy atom. The van der Waals surface area contributed by atoms with Gasteiger partial charge in [-0.2, -0.15) is 0 Å². The molecule has 2 atom stereocenters. The quantitative estimate of drug-likeness (QED) is 0.479. The number of imidazole rings is 1. The maximum Gasteiger partial charge on any atom is 0.226 e. The van der Waals surface area contributed by atoms with E-state index < -0.39 is 9.84 Å². The van der Waals surface area contributed by atoms with Crippen molar-refractivity contribution in [3.8, 4) is 0 Å². The third-order valence-corrected chi connectivity index (χ3v) is 8.89. The Bertz CT molecular complexity index is 1440. The van der Waals surface area contributed by atoms with Crippen molar-refractivity contribution < 1.29 is 8.42 Å². The molecule has 7 nitrogen and oxygen atoms in total. The van der Waals surface area contributed by atoms with Crippen molar-refractivity contribution in [2.45, 2.75) is 62.4 Å². The molecule has 4 heterocycles. The lowest BCUT2D eigenvalue weighted by molar-refractivity contribution is 0.0741. The van der Waals surface area contributed by atoms with E-state index in [2.05, 4.69) is 42.6 Å². The van der Waals surface area contributed by atoms with Crippen molar-refractivity contribution in [2.24, 2.45) is 5.92 Å². The highest BCUT2D eigenvalue weighted by Gasteiger charge is 2.37. The van der Waals surface area contributed by atoms with Crippen molar-refractivity contribution in [3.05, 3.63) is 54.1 Å². The van der Waals surface area contributed by atoms with E-state index in [0.717, 1.165) is 36.5 Å². The summed E-state index contributed by atoms with van der Waals surface area (Å²) in [5.74, 6) is 1.28. The molecular formula is C25H31N5O2S. The van der Waals surface area contributed by atoms with E-state index in [9.17, 15) is 8.42 Å². The van der Waals surface area contributed by atoms with Gasteiger partial charge in [-0.25, -0.2) is 18.4 Å². The van der Waals surface area contributed by atoms with Gasteiger partial charge < -0.3 is 4.98 Å². The van der Waals surface area contributed by atoms with E-state index in [1.807, 2.05) is 35.7 Å². The number of hydrogen-bond donors (Lipinski definition) is 1. The molecule has 3 aromatic heterocycles. The zero-order valence-electron chi connectivity index (χ0n) is 19.8. The van der Waals surface area contributed by atoms with Crippen molar-refractivity contribution in [2.75, 3.05) is 13.1 Å². The summed E-state index contributed by atoms with van der Waals surface area (Å²) in [7, 11) is -3.82. The van der Waals surface area contributed by atoms with Crippen LogP contribution in [0.4, 0.5) is 0 Å². The lowest BCUT2D eigenvalue weighted by atomic mass is 9.84. The van der Waals surface area contributed by atoms with E-state index in [1.54, 1.807) is 18.3 Å². The van der Waals surface area contributed by atoms with Gasteiger partial charge in [0.1, 0.15) is 11.3 Å². The number of aromatic nitrogens is 4. The molecule has 0 radical (unpaired) electrons. The van der Waals surface area contributed by atoms with Gasteiger partial charge in [-0.3, -0.25) is 9.30 Å². The molecule has 8 heteroatoms. The summed E-state index contributed by atoms with van der Waals surface area (Å²) in [6.07, 6.45) is 4.51. The minimum atomic E-state index is -3.82. The molecule has 0 spiro atoms. The number of piperidine rings is 1. The van der Waals surface area contributed by atoms with Crippen molar-refractivity contribution in [1.82, 2.24) is 24.3 Å². The van der Waals surface area contributed by atoms with E-state index >= 15 is 0 Å². The van der Waals surface area contributed by atoms with Crippen LogP contribution >= 0.6 is 0 Å². The molecule has 0 bridgehead atoms. The molecule has 33 heavy (non-hydrogen) atoms. The smallest absolute Gasteiger partial charge is 0.226 e. The Balaban J connectivity index is 1.77. The summed E-state index contributed by atoms with van der Waals surface area (Å²) in [6, 6.07) is 9.02. The highest BCUT2D eigenvalue weighted by molar-refractivity contribution is 7.91. The fourth-order valence-electron chi connectivity index (χ4n) is 4.98. The number of rotatable bonds is 3. The van der Waals surface area contributed by atoms with Gasteiger partial charge in [0.2, 0.25) is 9.84 Å². The first-order valence-electron chi connectivity index (χ1n) is 11.5. The topological polar surface area (TPSA) is 83.4 Å². The predicted octanol–water partition coefficient (Wildman–Crippen LogP) is 4.58. The molecule has 1 saturated heterocycles. The van der Waals surface area contributed by atoms with E-state index in [1.165, 1.54) is 0 Å². The van der Waals surface area contributed by atoms with Crippen LogP contribution < -0.4 is 0 Å². The van der Waals surface area contributed by atoms with Crippen LogP contribution in [0.2, 0.25) is 0 Å². The van der Waals surface area contributed by atoms with Crippen LogP contribution in [0.25, 0.3) is 16.7 Å². The highest BCUT2D eigenvalue weighted by atomic mass is 32.2. The Kier molecular flexibility index (Phi) is 5.14. The minimum absolute atomic E-state index is 0.0342. The Hall–Kier alpha value is -2.71. The van der Waals surface area contributed by atoms with E-state index in [-0.39, 0.29) is 16.5 Å². The van der Waals surface area contributed by atoms with E-state index in [0.29, 0.717) is 21.9 Å². The maximum absolute atomic E-state index is 13.8. The van der Waals surface area contributed by atoms with Crippen LogP contribution in [-0.4, -0.2) is 51.3 Å². The van der Waals surface area contributed by atoms with Crippen molar-refractivity contribution in [3.63, 3.8) is 0 Å². The van der Waals surface area contributed by atoms with Gasteiger partial charge in [0.15, 0.2) is 10.7 Å². The summed E-state index contributed by atoms with van der Waals surface area (Å²) in [5, 5.41) is 0.0856. The number of nitrogens with zero attached hydrogens (tertiary/aromatic N) is 4. The summed E-state index contributed by atoms with van der Waals surface area (Å²) < 4.78 is 29.7.